The summed E-state index contributed by atoms with van der Waals surface area (Å²) in [4.78, 5) is 33.4. The normalized spacial score (nSPS) is 13.4. The second kappa shape index (κ2) is 8.13. The molecule has 1 aromatic carbocycles. The van der Waals surface area contributed by atoms with Crippen LogP contribution in [-0.2, 0) is 37.2 Å². The Bertz CT molecular complexity index is 1070. The topological polar surface area (TPSA) is 145 Å². The molecule has 3 rings (SSSR count). The summed E-state index contributed by atoms with van der Waals surface area (Å²) in [6.07, 6.45) is 0.0587. The highest BCUT2D eigenvalue weighted by molar-refractivity contribution is 7.89. The number of nitrogens with one attached hydrogen (secondary N) is 1. The number of esters is 1. The lowest BCUT2D eigenvalue weighted by Crippen LogP contribution is -2.37. The standard InChI is InChI=1S/C18H21N5O5S/c1-11-21-17(19)14-10-15(24)23(18(14)22-11)7-6-20-29(26,27)13-5-3-4-12(8-13)9-16(25)28-2/h3-5,8,20H,6-7,9-10H2,1-2H3,(H2,19,21,22). The highest BCUT2D eigenvalue weighted by Crippen LogP contribution is 2.29. The van der Waals surface area contributed by atoms with Crippen LogP contribution in [0.25, 0.3) is 0 Å². The van der Waals surface area contributed by atoms with Gasteiger partial charge in [-0.15, -0.1) is 0 Å². The lowest BCUT2D eigenvalue weighted by molar-refractivity contribution is -0.139. The number of anilines is 2. The van der Waals surface area contributed by atoms with Crippen LogP contribution in [0.15, 0.2) is 29.2 Å². The molecule has 154 valence electrons. The van der Waals surface area contributed by atoms with Crippen molar-refractivity contribution in [3.8, 4) is 0 Å². The number of benzene rings is 1. The van der Waals surface area contributed by atoms with E-state index in [4.69, 9.17) is 5.73 Å². The fourth-order valence-corrected chi connectivity index (χ4v) is 4.12. The van der Waals surface area contributed by atoms with Gasteiger partial charge in [0.1, 0.15) is 17.5 Å². The minimum atomic E-state index is -3.83. The van der Waals surface area contributed by atoms with Crippen LogP contribution in [0.3, 0.4) is 0 Å². The van der Waals surface area contributed by atoms with Crippen molar-refractivity contribution < 1.29 is 22.7 Å². The van der Waals surface area contributed by atoms with Gasteiger partial charge in [0.15, 0.2) is 0 Å². The summed E-state index contributed by atoms with van der Waals surface area (Å²) in [6, 6.07) is 6.03. The number of hydrogen-bond donors (Lipinski definition) is 2. The van der Waals surface area contributed by atoms with Crippen molar-refractivity contribution in [2.75, 3.05) is 30.8 Å². The highest BCUT2D eigenvalue weighted by Gasteiger charge is 2.31. The molecular formula is C18H21N5O5S. The molecular weight excluding hydrogens is 398 g/mol. The van der Waals surface area contributed by atoms with Crippen LogP contribution >= 0.6 is 0 Å². The fraction of sp³-hybridized carbons (Fsp3) is 0.333. The van der Waals surface area contributed by atoms with E-state index in [2.05, 4.69) is 19.4 Å². The van der Waals surface area contributed by atoms with E-state index < -0.39 is 16.0 Å². The Balaban J connectivity index is 1.69. The highest BCUT2D eigenvalue weighted by atomic mass is 32.2. The molecule has 11 heteroatoms. The molecule has 1 aromatic heterocycles. The van der Waals surface area contributed by atoms with Gasteiger partial charge < -0.3 is 10.5 Å². The van der Waals surface area contributed by atoms with Crippen molar-refractivity contribution in [1.29, 1.82) is 0 Å². The summed E-state index contributed by atoms with van der Waals surface area (Å²) in [5, 5.41) is 0. The van der Waals surface area contributed by atoms with Gasteiger partial charge in [-0.05, 0) is 24.6 Å². The first-order chi connectivity index (χ1) is 13.7. The molecule has 0 radical (unpaired) electrons. The van der Waals surface area contributed by atoms with Gasteiger partial charge in [0.25, 0.3) is 0 Å². The van der Waals surface area contributed by atoms with Gasteiger partial charge in [0.2, 0.25) is 15.9 Å². The number of aromatic nitrogens is 2. The zero-order chi connectivity index (χ0) is 21.2. The third-order valence-corrected chi connectivity index (χ3v) is 5.88. The Morgan fingerprint density at radius 3 is 2.83 bits per heavy atom. The largest absolute Gasteiger partial charge is 0.469 e. The zero-order valence-corrected chi connectivity index (χ0v) is 16.8. The molecule has 2 aromatic rings. The van der Waals surface area contributed by atoms with Crippen LogP contribution < -0.4 is 15.4 Å². The second-order valence-electron chi connectivity index (χ2n) is 6.48. The van der Waals surface area contributed by atoms with Crippen LogP contribution in [-0.4, -0.2) is 50.5 Å². The summed E-state index contributed by atoms with van der Waals surface area (Å²) < 4.78 is 32.2. The van der Waals surface area contributed by atoms with E-state index in [-0.39, 0.29) is 42.6 Å². The number of fused-ring (bicyclic) bond motifs is 1. The average Bonchev–Trinajstić information content (AvgIpc) is 2.98. The molecule has 0 saturated heterocycles. The van der Waals surface area contributed by atoms with Gasteiger partial charge >= 0.3 is 5.97 Å². The number of rotatable bonds is 7. The smallest absolute Gasteiger partial charge is 0.309 e. The third-order valence-electron chi connectivity index (χ3n) is 4.43. The number of methoxy groups -OCH3 is 1. The number of ether oxygens (including phenoxy) is 1. The maximum absolute atomic E-state index is 12.6. The van der Waals surface area contributed by atoms with Crippen LogP contribution in [0.4, 0.5) is 11.6 Å². The third kappa shape index (κ3) is 4.51. The molecule has 0 saturated carbocycles. The second-order valence-corrected chi connectivity index (χ2v) is 8.25. The molecule has 2 heterocycles. The summed E-state index contributed by atoms with van der Waals surface area (Å²) >= 11 is 0. The monoisotopic (exact) mass is 419 g/mol. The van der Waals surface area contributed by atoms with E-state index in [9.17, 15) is 18.0 Å². The van der Waals surface area contributed by atoms with Gasteiger partial charge in [-0.2, -0.15) is 0 Å². The Morgan fingerprint density at radius 1 is 1.34 bits per heavy atom. The Hall–Kier alpha value is -3.05. The molecule has 0 unspecified atom stereocenters. The van der Waals surface area contributed by atoms with E-state index in [0.29, 0.717) is 22.8 Å². The number of carbonyl (C=O) groups excluding carboxylic acids is 2. The van der Waals surface area contributed by atoms with E-state index in [1.807, 2.05) is 0 Å². The Kier molecular flexibility index (Phi) is 5.80. The predicted octanol–water partition coefficient (Wildman–Crippen LogP) is -0.0497. The van der Waals surface area contributed by atoms with Crippen molar-refractivity contribution >= 4 is 33.5 Å². The zero-order valence-electron chi connectivity index (χ0n) is 16.0. The number of nitrogen functional groups attached to an aromatic ring is 1. The van der Waals surface area contributed by atoms with E-state index in [1.54, 1.807) is 19.1 Å². The van der Waals surface area contributed by atoms with E-state index in [1.165, 1.54) is 24.1 Å². The first-order valence-corrected chi connectivity index (χ1v) is 10.3. The molecule has 0 spiro atoms. The van der Waals surface area contributed by atoms with Gasteiger partial charge in [0, 0.05) is 18.7 Å². The lowest BCUT2D eigenvalue weighted by atomic mass is 10.1. The number of nitrogens with zero attached hydrogens (tertiary/aromatic N) is 3. The van der Waals surface area contributed by atoms with Gasteiger partial charge in [-0.3, -0.25) is 14.5 Å². The predicted molar refractivity (Wildman–Crippen MR) is 105 cm³/mol. The van der Waals surface area contributed by atoms with Crippen molar-refractivity contribution in [2.45, 2.75) is 24.7 Å². The molecule has 10 nitrogen and oxygen atoms in total. The van der Waals surface area contributed by atoms with Crippen LogP contribution in [0, 0.1) is 6.92 Å². The van der Waals surface area contributed by atoms with Crippen molar-refractivity contribution in [1.82, 2.24) is 14.7 Å². The number of carbonyl (C=O) groups is 2. The van der Waals surface area contributed by atoms with Crippen molar-refractivity contribution in [3.63, 3.8) is 0 Å². The average molecular weight is 419 g/mol. The van der Waals surface area contributed by atoms with Crippen molar-refractivity contribution in [3.05, 3.63) is 41.2 Å². The molecule has 0 aliphatic carbocycles. The summed E-state index contributed by atoms with van der Waals surface area (Å²) in [5.74, 6) is 0.427. The number of hydrogen-bond acceptors (Lipinski definition) is 8. The summed E-state index contributed by atoms with van der Waals surface area (Å²) in [7, 11) is -2.56. The van der Waals surface area contributed by atoms with Crippen molar-refractivity contribution in [2.24, 2.45) is 0 Å². The van der Waals surface area contributed by atoms with E-state index >= 15 is 0 Å². The minimum absolute atomic E-state index is 0.0162. The van der Waals surface area contributed by atoms with Crippen LogP contribution in [0.2, 0.25) is 0 Å². The lowest BCUT2D eigenvalue weighted by Gasteiger charge is -2.17. The first-order valence-electron chi connectivity index (χ1n) is 8.80. The number of sulfonamides is 1. The number of nitrogens with two attached hydrogens (primary N) is 1. The Labute approximate surface area is 168 Å². The quantitative estimate of drug-likeness (QED) is 0.594. The Morgan fingerprint density at radius 2 is 2.10 bits per heavy atom. The maximum atomic E-state index is 12.6. The summed E-state index contributed by atoms with van der Waals surface area (Å²) in [6.45, 7) is 1.75. The van der Waals surface area contributed by atoms with Crippen LogP contribution in [0.5, 0.6) is 0 Å². The fourth-order valence-electron chi connectivity index (χ4n) is 3.03. The number of amides is 1. The van der Waals surface area contributed by atoms with Gasteiger partial charge in [-0.1, -0.05) is 12.1 Å². The van der Waals surface area contributed by atoms with E-state index in [0.717, 1.165) is 0 Å². The molecule has 1 aliphatic rings. The molecule has 0 atom stereocenters. The summed E-state index contributed by atoms with van der Waals surface area (Å²) in [5.41, 5.74) is 6.93. The molecule has 3 N–H and O–H groups in total. The van der Waals surface area contributed by atoms with Gasteiger partial charge in [-0.25, -0.2) is 23.1 Å². The molecule has 1 aliphatic heterocycles. The van der Waals surface area contributed by atoms with Crippen LogP contribution in [0.1, 0.15) is 17.0 Å². The molecule has 29 heavy (non-hydrogen) atoms. The SMILES string of the molecule is COC(=O)Cc1cccc(S(=O)(=O)NCCN2C(=O)Cc3c(N)nc(C)nc32)c1. The minimum Gasteiger partial charge on any atom is -0.469 e. The molecule has 0 fully saturated rings. The first kappa shape index (κ1) is 20.7. The van der Waals surface area contributed by atoms with Gasteiger partial charge in [0.05, 0.1) is 24.8 Å². The molecule has 1 amide bonds. The number of aryl methyl sites for hydroxylation is 1. The molecule has 0 bridgehead atoms. The maximum Gasteiger partial charge on any atom is 0.309 e.